The molecule has 3 rings (SSSR count). The molecule has 0 spiro atoms. The lowest BCUT2D eigenvalue weighted by atomic mass is 9.96. The molecule has 1 heterocycles. The zero-order valence-corrected chi connectivity index (χ0v) is 16.4. The van der Waals surface area contributed by atoms with Crippen LogP contribution in [0.25, 0.3) is 11.1 Å². The van der Waals surface area contributed by atoms with E-state index in [4.69, 9.17) is 0 Å². The summed E-state index contributed by atoms with van der Waals surface area (Å²) in [5.74, 6) is -3.79. The van der Waals surface area contributed by atoms with Crippen molar-refractivity contribution in [2.75, 3.05) is 0 Å². The van der Waals surface area contributed by atoms with E-state index in [9.17, 15) is 36.2 Å². The number of pyridine rings is 1. The van der Waals surface area contributed by atoms with Crippen molar-refractivity contribution < 1.29 is 36.2 Å². The minimum atomic E-state index is -5.02. The number of rotatable bonds is 5. The van der Waals surface area contributed by atoms with E-state index in [0.717, 1.165) is 42.6 Å². The summed E-state index contributed by atoms with van der Waals surface area (Å²) in [6, 6.07) is 7.38. The van der Waals surface area contributed by atoms with Gasteiger partial charge in [0, 0.05) is 5.56 Å². The number of nitrogens with zero attached hydrogens (tertiary/aromatic N) is 1. The van der Waals surface area contributed by atoms with Gasteiger partial charge in [0.05, 0.1) is 17.9 Å². The number of carbonyl (C=O) groups excluding carboxylic acids is 1. The van der Waals surface area contributed by atoms with E-state index in [-0.39, 0.29) is 16.7 Å². The van der Waals surface area contributed by atoms with Gasteiger partial charge in [-0.05, 0) is 66.1 Å². The molecule has 2 aromatic carbocycles. The van der Waals surface area contributed by atoms with E-state index in [1.807, 2.05) is 0 Å². The first-order valence-electron chi connectivity index (χ1n) is 9.23. The maximum atomic E-state index is 13.6. The fraction of sp³-hybridized carbons (Fsp3) is 0.182. The van der Waals surface area contributed by atoms with Gasteiger partial charge >= 0.3 is 6.18 Å². The minimum Gasteiger partial charge on any atom is -0.379 e. The number of carbonyl (C=O) groups is 1. The molecule has 0 radical (unpaired) electrons. The average molecular weight is 454 g/mol. The summed E-state index contributed by atoms with van der Waals surface area (Å²) in [6.07, 6.45) is -6.99. The topological polar surface area (TPSA) is 62.2 Å². The Kier molecular flexibility index (Phi) is 6.54. The average Bonchev–Trinajstić information content (AvgIpc) is 2.74. The van der Waals surface area contributed by atoms with Gasteiger partial charge in [-0.1, -0.05) is 6.07 Å². The summed E-state index contributed by atoms with van der Waals surface area (Å²) in [4.78, 5) is 16.5. The van der Waals surface area contributed by atoms with Crippen LogP contribution in [0.4, 0.5) is 26.3 Å². The van der Waals surface area contributed by atoms with Crippen LogP contribution in [0.1, 0.15) is 40.7 Å². The van der Waals surface area contributed by atoms with E-state index in [0.29, 0.717) is 5.69 Å². The maximum Gasteiger partial charge on any atom is 0.418 e. The van der Waals surface area contributed by atoms with E-state index >= 15 is 0 Å². The number of hydrogen-bond donors (Lipinski definition) is 2. The summed E-state index contributed by atoms with van der Waals surface area (Å²) >= 11 is 0. The smallest absolute Gasteiger partial charge is 0.379 e. The van der Waals surface area contributed by atoms with Crippen molar-refractivity contribution in [3.05, 3.63) is 89.0 Å². The van der Waals surface area contributed by atoms with Gasteiger partial charge in [-0.25, -0.2) is 13.2 Å². The SMILES string of the molecule is C[C@@H](NC(=O)c1cc(-c2ccc(F)c(F)c2)cc(C(O)C(F)(F)F)c1)c1ccc(F)cn1. The Morgan fingerprint density at radius 3 is 2.28 bits per heavy atom. The van der Waals surface area contributed by atoms with Crippen molar-refractivity contribution >= 4 is 5.91 Å². The van der Waals surface area contributed by atoms with Crippen molar-refractivity contribution in [3.63, 3.8) is 0 Å². The Labute approximate surface area is 178 Å². The van der Waals surface area contributed by atoms with E-state index in [2.05, 4.69) is 10.3 Å². The standard InChI is InChI=1S/C22H16F6N2O2/c1-11(19-5-3-16(23)10-29-19)30-21(32)15-7-13(12-2-4-17(24)18(25)9-12)6-14(8-15)20(31)22(26,27)28/h2-11,20,31H,1H3,(H,30,32)/t11-,20?/m1/s1. The van der Waals surface area contributed by atoms with Crippen LogP contribution in [0.15, 0.2) is 54.7 Å². The first-order valence-corrected chi connectivity index (χ1v) is 9.23. The van der Waals surface area contributed by atoms with Crippen molar-refractivity contribution in [1.29, 1.82) is 0 Å². The van der Waals surface area contributed by atoms with Crippen molar-refractivity contribution in [2.45, 2.75) is 25.2 Å². The van der Waals surface area contributed by atoms with E-state index in [1.165, 1.54) is 19.1 Å². The lowest BCUT2D eigenvalue weighted by Gasteiger charge is -2.18. The lowest BCUT2D eigenvalue weighted by molar-refractivity contribution is -0.206. The van der Waals surface area contributed by atoms with Gasteiger partial charge in [0.1, 0.15) is 5.82 Å². The van der Waals surface area contributed by atoms with Crippen molar-refractivity contribution in [3.8, 4) is 11.1 Å². The van der Waals surface area contributed by atoms with Crippen molar-refractivity contribution in [2.24, 2.45) is 0 Å². The van der Waals surface area contributed by atoms with Gasteiger partial charge in [0.25, 0.3) is 5.91 Å². The second-order valence-corrected chi connectivity index (χ2v) is 7.01. The van der Waals surface area contributed by atoms with Crippen LogP contribution in [0.3, 0.4) is 0 Å². The summed E-state index contributed by atoms with van der Waals surface area (Å²) < 4.78 is 79.2. The number of amides is 1. The number of aliphatic hydroxyl groups excluding tert-OH is 1. The van der Waals surface area contributed by atoms with Gasteiger partial charge in [-0.2, -0.15) is 13.2 Å². The Bertz CT molecular complexity index is 1130. The van der Waals surface area contributed by atoms with Gasteiger partial charge in [0.2, 0.25) is 0 Å². The fourth-order valence-electron chi connectivity index (χ4n) is 2.97. The highest BCUT2D eigenvalue weighted by Crippen LogP contribution is 2.35. The largest absolute Gasteiger partial charge is 0.418 e. The first-order chi connectivity index (χ1) is 15.0. The third kappa shape index (κ3) is 5.25. The number of aliphatic hydroxyl groups is 1. The molecule has 1 unspecified atom stereocenters. The minimum absolute atomic E-state index is 0.00224. The van der Waals surface area contributed by atoms with Gasteiger partial charge < -0.3 is 10.4 Å². The predicted octanol–water partition coefficient (Wildman–Crippen LogP) is 5.25. The van der Waals surface area contributed by atoms with E-state index in [1.54, 1.807) is 0 Å². The van der Waals surface area contributed by atoms with Gasteiger partial charge in [-0.15, -0.1) is 0 Å². The Hall–Kier alpha value is -3.40. The molecule has 0 fully saturated rings. The second-order valence-electron chi connectivity index (χ2n) is 7.01. The molecule has 0 bridgehead atoms. The summed E-state index contributed by atoms with van der Waals surface area (Å²) in [6.45, 7) is 1.53. The highest BCUT2D eigenvalue weighted by Gasteiger charge is 2.39. The highest BCUT2D eigenvalue weighted by atomic mass is 19.4. The summed E-state index contributed by atoms with van der Waals surface area (Å²) in [7, 11) is 0. The first kappa shape index (κ1) is 23.3. The molecular weight excluding hydrogens is 438 g/mol. The normalized spacial score (nSPS) is 13.5. The van der Waals surface area contributed by atoms with Gasteiger partial charge in [0.15, 0.2) is 17.7 Å². The second kappa shape index (κ2) is 8.99. The number of halogens is 6. The molecule has 1 aromatic heterocycles. The molecule has 0 aliphatic heterocycles. The molecule has 3 aromatic rings. The molecule has 2 N–H and O–H groups in total. The zero-order valence-electron chi connectivity index (χ0n) is 16.4. The Balaban J connectivity index is 2.00. The van der Waals surface area contributed by atoms with Crippen LogP contribution in [-0.4, -0.2) is 22.2 Å². The van der Waals surface area contributed by atoms with E-state index < -0.39 is 47.2 Å². The number of nitrogens with one attached hydrogen (secondary N) is 1. The molecular formula is C22H16F6N2O2. The third-order valence-corrected chi connectivity index (χ3v) is 4.64. The fourth-order valence-corrected chi connectivity index (χ4v) is 2.97. The van der Waals surface area contributed by atoms with Crippen molar-refractivity contribution in [1.82, 2.24) is 10.3 Å². The quantitative estimate of drug-likeness (QED) is 0.518. The zero-order chi connectivity index (χ0) is 23.6. The summed E-state index contributed by atoms with van der Waals surface area (Å²) in [5, 5.41) is 12.2. The predicted molar refractivity (Wildman–Crippen MR) is 103 cm³/mol. The van der Waals surface area contributed by atoms with Crippen LogP contribution in [0.2, 0.25) is 0 Å². The maximum absolute atomic E-state index is 13.6. The number of aromatic nitrogens is 1. The van der Waals surface area contributed by atoms with Crippen LogP contribution in [-0.2, 0) is 0 Å². The highest BCUT2D eigenvalue weighted by molar-refractivity contribution is 5.96. The molecule has 0 saturated heterocycles. The summed E-state index contributed by atoms with van der Waals surface area (Å²) in [5.41, 5.74) is -0.658. The molecule has 0 saturated carbocycles. The Morgan fingerprint density at radius 1 is 0.969 bits per heavy atom. The molecule has 168 valence electrons. The van der Waals surface area contributed by atoms with Crippen LogP contribution >= 0.6 is 0 Å². The number of alkyl halides is 3. The van der Waals surface area contributed by atoms with Gasteiger partial charge in [-0.3, -0.25) is 9.78 Å². The Morgan fingerprint density at radius 2 is 1.69 bits per heavy atom. The number of benzene rings is 2. The molecule has 32 heavy (non-hydrogen) atoms. The molecule has 0 aliphatic rings. The molecule has 1 amide bonds. The lowest BCUT2D eigenvalue weighted by Crippen LogP contribution is -2.28. The molecule has 10 heteroatoms. The third-order valence-electron chi connectivity index (χ3n) is 4.64. The molecule has 4 nitrogen and oxygen atoms in total. The van der Waals surface area contributed by atoms with Crippen LogP contribution in [0, 0.1) is 17.5 Å². The monoisotopic (exact) mass is 454 g/mol. The number of hydrogen-bond acceptors (Lipinski definition) is 3. The van der Waals surface area contributed by atoms with Crippen LogP contribution in [0.5, 0.6) is 0 Å². The van der Waals surface area contributed by atoms with Crippen LogP contribution < -0.4 is 5.32 Å². The molecule has 2 atom stereocenters. The molecule has 0 aliphatic carbocycles.